The molecule has 0 aliphatic carbocycles. The Balaban J connectivity index is 1.67. The fraction of sp³-hybridized carbons (Fsp3) is 0.647. The first-order valence-electron chi connectivity index (χ1n) is 7.71. The Labute approximate surface area is 123 Å². The predicted octanol–water partition coefficient (Wildman–Crippen LogP) is 2.48. The minimum absolute atomic E-state index is 0.850. The van der Waals surface area contributed by atoms with Crippen LogP contribution in [0, 0.1) is 5.92 Å². The molecule has 20 heavy (non-hydrogen) atoms. The zero-order valence-corrected chi connectivity index (χ0v) is 12.9. The second-order valence-corrected chi connectivity index (χ2v) is 5.96. The van der Waals surface area contributed by atoms with Gasteiger partial charge in [-0.15, -0.1) is 0 Å². The van der Waals surface area contributed by atoms with Crippen LogP contribution >= 0.6 is 0 Å². The number of piperidine rings is 1. The molecule has 1 aromatic rings. The van der Waals surface area contributed by atoms with Gasteiger partial charge in [0.25, 0.3) is 0 Å². The molecule has 0 unspecified atom stereocenters. The molecule has 3 nitrogen and oxygen atoms in total. The molecule has 0 saturated carbocycles. The molecule has 1 aliphatic rings. The predicted molar refractivity (Wildman–Crippen MR) is 83.8 cm³/mol. The molecule has 1 saturated heterocycles. The van der Waals surface area contributed by atoms with E-state index in [0.717, 1.165) is 25.6 Å². The Morgan fingerprint density at radius 3 is 2.55 bits per heavy atom. The summed E-state index contributed by atoms with van der Waals surface area (Å²) >= 11 is 0. The van der Waals surface area contributed by atoms with E-state index in [0.29, 0.717) is 0 Å². The van der Waals surface area contributed by atoms with Gasteiger partial charge in [-0.05, 0) is 44.5 Å². The molecule has 0 radical (unpaired) electrons. The number of rotatable bonds is 7. The van der Waals surface area contributed by atoms with Crippen LogP contribution in [0.15, 0.2) is 30.3 Å². The topological polar surface area (TPSA) is 15.7 Å². The lowest BCUT2D eigenvalue weighted by molar-refractivity contribution is 0.110. The minimum atomic E-state index is 0.850. The molecule has 0 spiro atoms. The maximum absolute atomic E-state index is 5.15. The highest BCUT2D eigenvalue weighted by Gasteiger charge is 2.19. The van der Waals surface area contributed by atoms with Gasteiger partial charge in [-0.3, -0.25) is 0 Å². The molecular formula is C17H28N2O. The van der Waals surface area contributed by atoms with Crippen LogP contribution in [0.4, 0.5) is 0 Å². The average molecular weight is 276 g/mol. The van der Waals surface area contributed by atoms with Crippen molar-refractivity contribution in [2.24, 2.45) is 5.92 Å². The third-order valence-electron chi connectivity index (χ3n) is 4.18. The van der Waals surface area contributed by atoms with Gasteiger partial charge in [-0.2, -0.15) is 0 Å². The van der Waals surface area contributed by atoms with Gasteiger partial charge in [0.05, 0.1) is 6.61 Å². The van der Waals surface area contributed by atoms with Gasteiger partial charge >= 0.3 is 0 Å². The molecule has 0 atom stereocenters. The highest BCUT2D eigenvalue weighted by Crippen LogP contribution is 2.18. The summed E-state index contributed by atoms with van der Waals surface area (Å²) in [4.78, 5) is 4.99. The third kappa shape index (κ3) is 5.23. The Morgan fingerprint density at radius 1 is 1.20 bits per heavy atom. The number of hydrogen-bond acceptors (Lipinski definition) is 3. The molecule has 1 fully saturated rings. The Morgan fingerprint density at radius 2 is 1.90 bits per heavy atom. The van der Waals surface area contributed by atoms with Crippen LogP contribution in [-0.4, -0.2) is 56.7 Å². The summed E-state index contributed by atoms with van der Waals surface area (Å²) in [6.45, 7) is 6.68. The van der Waals surface area contributed by atoms with Gasteiger partial charge in [0.2, 0.25) is 0 Å². The second kappa shape index (κ2) is 8.40. The molecule has 3 heteroatoms. The summed E-state index contributed by atoms with van der Waals surface area (Å²) < 4.78 is 5.15. The van der Waals surface area contributed by atoms with Crippen molar-refractivity contribution in [2.45, 2.75) is 19.4 Å². The molecule has 2 rings (SSSR count). The van der Waals surface area contributed by atoms with Crippen molar-refractivity contribution < 1.29 is 4.74 Å². The van der Waals surface area contributed by atoms with Gasteiger partial charge in [0, 0.05) is 26.7 Å². The van der Waals surface area contributed by atoms with E-state index in [2.05, 4.69) is 47.2 Å². The average Bonchev–Trinajstić information content (AvgIpc) is 2.47. The zero-order valence-electron chi connectivity index (χ0n) is 12.9. The van der Waals surface area contributed by atoms with Gasteiger partial charge in [-0.25, -0.2) is 0 Å². The molecule has 1 heterocycles. The molecule has 1 aliphatic heterocycles. The summed E-state index contributed by atoms with van der Waals surface area (Å²) in [5.41, 5.74) is 1.41. The summed E-state index contributed by atoms with van der Waals surface area (Å²) in [5.74, 6) is 0.850. The molecule has 0 aromatic heterocycles. The number of likely N-dealkylation sites (tertiary alicyclic amines) is 1. The summed E-state index contributed by atoms with van der Waals surface area (Å²) in [6, 6.07) is 10.8. The van der Waals surface area contributed by atoms with Crippen molar-refractivity contribution in [1.82, 2.24) is 9.80 Å². The van der Waals surface area contributed by atoms with Gasteiger partial charge in [-0.1, -0.05) is 30.3 Å². The molecule has 0 amide bonds. The Hall–Kier alpha value is -0.900. The van der Waals surface area contributed by atoms with E-state index in [4.69, 9.17) is 4.74 Å². The first kappa shape index (κ1) is 15.5. The van der Waals surface area contributed by atoms with E-state index < -0.39 is 0 Å². The standard InChI is InChI=1S/C17H28N2O/c1-18(14-16-6-4-3-5-7-16)15-17-8-10-19(11-9-17)12-13-20-2/h3-7,17H,8-15H2,1-2H3. The van der Waals surface area contributed by atoms with Crippen LogP contribution in [-0.2, 0) is 11.3 Å². The molecule has 1 aromatic carbocycles. The van der Waals surface area contributed by atoms with E-state index in [9.17, 15) is 0 Å². The molecule has 0 bridgehead atoms. The largest absolute Gasteiger partial charge is 0.383 e. The number of benzene rings is 1. The van der Waals surface area contributed by atoms with Gasteiger partial charge in [0.1, 0.15) is 0 Å². The molecular weight excluding hydrogens is 248 g/mol. The van der Waals surface area contributed by atoms with Crippen molar-refractivity contribution in [2.75, 3.05) is 46.9 Å². The quantitative estimate of drug-likeness (QED) is 0.761. The van der Waals surface area contributed by atoms with Crippen LogP contribution < -0.4 is 0 Å². The first-order chi connectivity index (χ1) is 9.78. The third-order valence-corrected chi connectivity index (χ3v) is 4.18. The first-order valence-corrected chi connectivity index (χ1v) is 7.71. The highest BCUT2D eigenvalue weighted by molar-refractivity contribution is 5.14. The number of hydrogen-bond donors (Lipinski definition) is 0. The van der Waals surface area contributed by atoms with Crippen LogP contribution in [0.3, 0.4) is 0 Å². The molecule has 112 valence electrons. The number of methoxy groups -OCH3 is 1. The zero-order chi connectivity index (χ0) is 14.2. The van der Waals surface area contributed by atoms with E-state index >= 15 is 0 Å². The van der Waals surface area contributed by atoms with Gasteiger partial charge < -0.3 is 14.5 Å². The van der Waals surface area contributed by atoms with Crippen LogP contribution in [0.2, 0.25) is 0 Å². The second-order valence-electron chi connectivity index (χ2n) is 5.96. The lowest BCUT2D eigenvalue weighted by atomic mass is 9.96. The fourth-order valence-electron chi connectivity index (χ4n) is 3.01. The van der Waals surface area contributed by atoms with Crippen LogP contribution in [0.1, 0.15) is 18.4 Å². The fourth-order valence-corrected chi connectivity index (χ4v) is 3.01. The van der Waals surface area contributed by atoms with Crippen LogP contribution in [0.5, 0.6) is 0 Å². The number of nitrogens with zero attached hydrogens (tertiary/aromatic N) is 2. The maximum Gasteiger partial charge on any atom is 0.0589 e. The van der Waals surface area contributed by atoms with E-state index in [-0.39, 0.29) is 0 Å². The molecule has 0 N–H and O–H groups in total. The SMILES string of the molecule is COCCN1CCC(CN(C)Cc2ccccc2)CC1. The summed E-state index contributed by atoms with van der Waals surface area (Å²) in [5, 5.41) is 0. The Bertz CT molecular complexity index is 361. The lowest BCUT2D eigenvalue weighted by Crippen LogP contribution is -2.39. The van der Waals surface area contributed by atoms with Crippen molar-refractivity contribution in [3.8, 4) is 0 Å². The summed E-state index contributed by atoms with van der Waals surface area (Å²) in [6.07, 6.45) is 2.64. The normalized spacial score (nSPS) is 17.8. The highest BCUT2D eigenvalue weighted by atomic mass is 16.5. The van der Waals surface area contributed by atoms with Crippen molar-refractivity contribution in [1.29, 1.82) is 0 Å². The lowest BCUT2D eigenvalue weighted by Gasteiger charge is -2.33. The van der Waals surface area contributed by atoms with E-state index in [1.54, 1.807) is 7.11 Å². The Kier molecular flexibility index (Phi) is 6.51. The smallest absolute Gasteiger partial charge is 0.0589 e. The summed E-state index contributed by atoms with van der Waals surface area (Å²) in [7, 11) is 4.02. The van der Waals surface area contributed by atoms with E-state index in [1.165, 1.54) is 38.0 Å². The minimum Gasteiger partial charge on any atom is -0.383 e. The van der Waals surface area contributed by atoms with Crippen molar-refractivity contribution in [3.63, 3.8) is 0 Å². The number of ether oxygens (including phenoxy) is 1. The van der Waals surface area contributed by atoms with Gasteiger partial charge in [0.15, 0.2) is 0 Å². The van der Waals surface area contributed by atoms with Crippen molar-refractivity contribution >= 4 is 0 Å². The van der Waals surface area contributed by atoms with E-state index in [1.807, 2.05) is 0 Å². The monoisotopic (exact) mass is 276 g/mol. The van der Waals surface area contributed by atoms with Crippen molar-refractivity contribution in [3.05, 3.63) is 35.9 Å². The maximum atomic E-state index is 5.15. The van der Waals surface area contributed by atoms with Crippen LogP contribution in [0.25, 0.3) is 0 Å².